The van der Waals surface area contributed by atoms with E-state index in [4.69, 9.17) is 5.73 Å². The summed E-state index contributed by atoms with van der Waals surface area (Å²) in [5.74, 6) is 0.0241. The maximum atomic E-state index is 13.6. The molecule has 86 valence electrons. The van der Waals surface area contributed by atoms with Crippen molar-refractivity contribution in [1.29, 1.82) is 0 Å². The molecule has 1 aromatic carbocycles. The zero-order valence-electron chi connectivity index (χ0n) is 9.74. The number of hydrogen-bond acceptors (Lipinski definition) is 2. The van der Waals surface area contributed by atoms with Gasteiger partial charge in [-0.05, 0) is 12.0 Å². The SMILES string of the molecule is CC(C)C(N)c1nn(C)c2c(F)cccc12. The van der Waals surface area contributed by atoms with E-state index in [2.05, 4.69) is 5.10 Å². The Balaban J connectivity index is 2.69. The van der Waals surface area contributed by atoms with Gasteiger partial charge < -0.3 is 5.73 Å². The highest BCUT2D eigenvalue weighted by atomic mass is 19.1. The smallest absolute Gasteiger partial charge is 0.149 e. The van der Waals surface area contributed by atoms with Crippen LogP contribution in [0.4, 0.5) is 4.39 Å². The minimum Gasteiger partial charge on any atom is -0.322 e. The van der Waals surface area contributed by atoms with Gasteiger partial charge in [-0.1, -0.05) is 26.0 Å². The molecule has 0 fully saturated rings. The second-order valence-electron chi connectivity index (χ2n) is 4.41. The Labute approximate surface area is 94.1 Å². The maximum Gasteiger partial charge on any atom is 0.149 e. The second kappa shape index (κ2) is 3.87. The van der Waals surface area contributed by atoms with Gasteiger partial charge in [0.1, 0.15) is 11.3 Å². The maximum absolute atomic E-state index is 13.6. The molecule has 0 aliphatic heterocycles. The molecular formula is C12H16FN3. The van der Waals surface area contributed by atoms with Crippen LogP contribution in [0.2, 0.25) is 0 Å². The van der Waals surface area contributed by atoms with Gasteiger partial charge in [-0.3, -0.25) is 4.68 Å². The van der Waals surface area contributed by atoms with E-state index in [0.717, 1.165) is 11.1 Å². The lowest BCUT2D eigenvalue weighted by atomic mass is 9.99. The van der Waals surface area contributed by atoms with Crippen LogP contribution in [0.5, 0.6) is 0 Å². The Hall–Kier alpha value is -1.42. The van der Waals surface area contributed by atoms with Crippen molar-refractivity contribution in [2.24, 2.45) is 18.7 Å². The molecule has 2 aromatic rings. The average molecular weight is 221 g/mol. The third kappa shape index (κ3) is 1.59. The standard InChI is InChI=1S/C12H16FN3/c1-7(2)10(14)11-8-5-4-6-9(13)12(8)16(3)15-11/h4-7,10H,14H2,1-3H3. The summed E-state index contributed by atoms with van der Waals surface area (Å²) in [6.07, 6.45) is 0. The van der Waals surface area contributed by atoms with Crippen LogP contribution >= 0.6 is 0 Å². The van der Waals surface area contributed by atoms with Gasteiger partial charge in [0.2, 0.25) is 0 Å². The Morgan fingerprint density at radius 2 is 2.06 bits per heavy atom. The summed E-state index contributed by atoms with van der Waals surface area (Å²) in [7, 11) is 1.74. The minimum atomic E-state index is -0.255. The van der Waals surface area contributed by atoms with Gasteiger partial charge in [-0.25, -0.2) is 4.39 Å². The molecule has 0 saturated carbocycles. The first kappa shape index (κ1) is 11.1. The van der Waals surface area contributed by atoms with Crippen molar-refractivity contribution in [1.82, 2.24) is 9.78 Å². The predicted molar refractivity (Wildman–Crippen MR) is 62.4 cm³/mol. The molecule has 0 spiro atoms. The molecule has 0 bridgehead atoms. The molecule has 0 aliphatic carbocycles. The van der Waals surface area contributed by atoms with E-state index in [-0.39, 0.29) is 17.8 Å². The zero-order chi connectivity index (χ0) is 11.9. The van der Waals surface area contributed by atoms with Gasteiger partial charge in [-0.2, -0.15) is 5.10 Å². The first-order chi connectivity index (χ1) is 7.52. The number of aryl methyl sites for hydroxylation is 1. The van der Waals surface area contributed by atoms with E-state index in [0.29, 0.717) is 5.52 Å². The molecule has 1 heterocycles. The fourth-order valence-corrected chi connectivity index (χ4v) is 1.88. The average Bonchev–Trinajstić information content (AvgIpc) is 2.56. The fraction of sp³-hybridized carbons (Fsp3) is 0.417. The summed E-state index contributed by atoms with van der Waals surface area (Å²) in [5.41, 5.74) is 7.36. The molecule has 0 radical (unpaired) electrons. The Morgan fingerprint density at radius 1 is 1.38 bits per heavy atom. The van der Waals surface area contributed by atoms with Crippen LogP contribution < -0.4 is 5.73 Å². The molecule has 0 saturated heterocycles. The van der Waals surface area contributed by atoms with E-state index < -0.39 is 0 Å². The van der Waals surface area contributed by atoms with Gasteiger partial charge in [0, 0.05) is 12.4 Å². The van der Waals surface area contributed by atoms with E-state index in [1.54, 1.807) is 17.8 Å². The van der Waals surface area contributed by atoms with Gasteiger partial charge in [0.05, 0.1) is 11.7 Å². The van der Waals surface area contributed by atoms with Gasteiger partial charge in [0.15, 0.2) is 0 Å². The number of benzene rings is 1. The highest BCUT2D eigenvalue weighted by Crippen LogP contribution is 2.27. The van der Waals surface area contributed by atoms with E-state index >= 15 is 0 Å². The second-order valence-corrected chi connectivity index (χ2v) is 4.41. The predicted octanol–water partition coefficient (Wildman–Crippen LogP) is 2.37. The van der Waals surface area contributed by atoms with E-state index in [9.17, 15) is 4.39 Å². The van der Waals surface area contributed by atoms with Crippen LogP contribution in [-0.4, -0.2) is 9.78 Å². The van der Waals surface area contributed by atoms with Gasteiger partial charge in [0.25, 0.3) is 0 Å². The molecule has 0 aliphatic rings. The van der Waals surface area contributed by atoms with Crippen LogP contribution in [0.15, 0.2) is 18.2 Å². The number of para-hydroxylation sites is 1. The molecule has 1 unspecified atom stereocenters. The molecule has 16 heavy (non-hydrogen) atoms. The Kier molecular flexibility index (Phi) is 2.68. The van der Waals surface area contributed by atoms with Crippen LogP contribution in [0.3, 0.4) is 0 Å². The molecule has 2 rings (SSSR count). The zero-order valence-corrected chi connectivity index (χ0v) is 9.74. The molecule has 2 N–H and O–H groups in total. The fourth-order valence-electron chi connectivity index (χ4n) is 1.88. The highest BCUT2D eigenvalue weighted by molar-refractivity contribution is 5.82. The number of rotatable bonds is 2. The largest absolute Gasteiger partial charge is 0.322 e. The lowest BCUT2D eigenvalue weighted by Crippen LogP contribution is -2.17. The van der Waals surface area contributed by atoms with Crippen LogP contribution in [0.1, 0.15) is 25.6 Å². The number of nitrogens with two attached hydrogens (primary N) is 1. The monoisotopic (exact) mass is 221 g/mol. The van der Waals surface area contributed by atoms with Crippen molar-refractivity contribution in [3.05, 3.63) is 29.7 Å². The number of fused-ring (bicyclic) bond motifs is 1. The normalized spacial score (nSPS) is 13.6. The van der Waals surface area contributed by atoms with Crippen LogP contribution in [-0.2, 0) is 7.05 Å². The van der Waals surface area contributed by atoms with Crippen molar-refractivity contribution in [3.63, 3.8) is 0 Å². The molecular weight excluding hydrogens is 205 g/mol. The van der Waals surface area contributed by atoms with E-state index in [1.807, 2.05) is 19.9 Å². The summed E-state index contributed by atoms with van der Waals surface area (Å²) < 4.78 is 15.2. The molecule has 0 amide bonds. The first-order valence-corrected chi connectivity index (χ1v) is 5.39. The summed E-state index contributed by atoms with van der Waals surface area (Å²) >= 11 is 0. The number of nitrogens with zero attached hydrogens (tertiary/aromatic N) is 2. The molecule has 4 heteroatoms. The molecule has 1 aromatic heterocycles. The number of halogens is 1. The lowest BCUT2D eigenvalue weighted by molar-refractivity contribution is 0.499. The van der Waals surface area contributed by atoms with Crippen molar-refractivity contribution in [3.8, 4) is 0 Å². The van der Waals surface area contributed by atoms with Crippen molar-refractivity contribution in [2.45, 2.75) is 19.9 Å². The first-order valence-electron chi connectivity index (χ1n) is 5.39. The van der Waals surface area contributed by atoms with Gasteiger partial charge >= 0.3 is 0 Å². The third-order valence-corrected chi connectivity index (χ3v) is 2.88. The van der Waals surface area contributed by atoms with Crippen LogP contribution in [0, 0.1) is 11.7 Å². The molecule has 1 atom stereocenters. The summed E-state index contributed by atoms with van der Waals surface area (Å²) in [6, 6.07) is 4.83. The third-order valence-electron chi connectivity index (χ3n) is 2.88. The number of aromatic nitrogens is 2. The van der Waals surface area contributed by atoms with Crippen molar-refractivity contribution >= 4 is 10.9 Å². The Bertz CT molecular complexity index is 516. The highest BCUT2D eigenvalue weighted by Gasteiger charge is 2.19. The lowest BCUT2D eigenvalue weighted by Gasteiger charge is -2.12. The summed E-state index contributed by atoms with van der Waals surface area (Å²) in [6.45, 7) is 4.06. The Morgan fingerprint density at radius 3 is 2.69 bits per heavy atom. The molecule has 3 nitrogen and oxygen atoms in total. The van der Waals surface area contributed by atoms with Gasteiger partial charge in [-0.15, -0.1) is 0 Å². The topological polar surface area (TPSA) is 43.8 Å². The quantitative estimate of drug-likeness (QED) is 0.846. The van der Waals surface area contributed by atoms with Crippen molar-refractivity contribution in [2.75, 3.05) is 0 Å². The summed E-state index contributed by atoms with van der Waals surface area (Å²) in [5, 5.41) is 5.13. The van der Waals surface area contributed by atoms with E-state index in [1.165, 1.54) is 6.07 Å². The minimum absolute atomic E-state index is 0.162. The summed E-state index contributed by atoms with van der Waals surface area (Å²) in [4.78, 5) is 0. The van der Waals surface area contributed by atoms with Crippen LogP contribution in [0.25, 0.3) is 10.9 Å². The van der Waals surface area contributed by atoms with Crippen molar-refractivity contribution < 1.29 is 4.39 Å². The number of hydrogen-bond donors (Lipinski definition) is 1.